The molecule has 0 aromatic rings. The van der Waals surface area contributed by atoms with Gasteiger partial charge < -0.3 is 36.8 Å². The van der Waals surface area contributed by atoms with Gasteiger partial charge in [-0.3, -0.25) is 9.59 Å². The maximum atomic E-state index is 11.7. The topological polar surface area (TPSA) is 152 Å². The summed E-state index contributed by atoms with van der Waals surface area (Å²) in [5.41, 5.74) is 12.9. The molecule has 0 saturated carbocycles. The quantitative estimate of drug-likeness (QED) is 0.0801. The zero-order chi connectivity index (χ0) is 34.5. The number of hydrogen-bond acceptors (Lipinski definition) is 10. The second-order valence-corrected chi connectivity index (χ2v) is 11.0. The molecule has 0 spiro atoms. The molecular weight excluding hydrogens is 566 g/mol. The van der Waals surface area contributed by atoms with Gasteiger partial charge in [0, 0.05) is 57.5 Å². The molecule has 0 aromatic carbocycles. The molecule has 0 unspecified atom stereocenters. The number of carbonyl (C=O) groups is 2. The molecule has 0 atom stereocenters. The molecule has 0 bridgehead atoms. The fourth-order valence-electron chi connectivity index (χ4n) is 2.65. The first-order valence-corrected chi connectivity index (χ1v) is 15.3. The summed E-state index contributed by atoms with van der Waals surface area (Å²) in [5.74, 6) is 0.0366. The first kappa shape index (κ1) is 47.0. The lowest BCUT2D eigenvalue weighted by atomic mass is 10.2. The van der Waals surface area contributed by atoms with Crippen molar-refractivity contribution in [2.45, 2.75) is 62.3 Å². The second-order valence-electron chi connectivity index (χ2n) is 9.44. The molecule has 0 radical (unpaired) electrons. The summed E-state index contributed by atoms with van der Waals surface area (Å²) in [6.45, 7) is 21.5. The van der Waals surface area contributed by atoms with E-state index in [0.717, 1.165) is 44.6 Å². The molecule has 2 amide bonds. The number of allylic oxidation sites excluding steroid dienone is 5. The minimum Gasteiger partial charge on any atom is -0.515 e. The molecule has 252 valence electrons. The van der Waals surface area contributed by atoms with Gasteiger partial charge in [0.1, 0.15) is 5.76 Å². The Hall–Kier alpha value is -2.93. The Morgan fingerprint density at radius 3 is 1.84 bits per heavy atom. The fourth-order valence-corrected chi connectivity index (χ4v) is 3.37. The van der Waals surface area contributed by atoms with Crippen LogP contribution in [0.1, 0.15) is 62.3 Å². The van der Waals surface area contributed by atoms with E-state index >= 15 is 0 Å². The van der Waals surface area contributed by atoms with Crippen LogP contribution in [0, 0.1) is 0 Å². The van der Waals surface area contributed by atoms with Crippen molar-refractivity contribution in [2.24, 2.45) is 11.5 Å². The molecule has 43 heavy (non-hydrogen) atoms. The highest BCUT2D eigenvalue weighted by atomic mass is 32.2. The van der Waals surface area contributed by atoms with Crippen LogP contribution in [0.2, 0.25) is 0 Å². The van der Waals surface area contributed by atoms with Crippen molar-refractivity contribution in [3.05, 3.63) is 58.9 Å². The van der Waals surface area contributed by atoms with Crippen molar-refractivity contribution in [2.75, 3.05) is 67.5 Å². The van der Waals surface area contributed by atoms with Gasteiger partial charge in [0.05, 0.1) is 17.5 Å². The number of aliphatic hydroxyl groups excluding tert-OH is 2. The summed E-state index contributed by atoms with van der Waals surface area (Å²) in [6, 6.07) is 0. The summed E-state index contributed by atoms with van der Waals surface area (Å²) >= 11 is 1.65. The van der Waals surface area contributed by atoms with E-state index in [0.29, 0.717) is 17.9 Å². The molecule has 0 aliphatic carbocycles. The summed E-state index contributed by atoms with van der Waals surface area (Å²) in [6.07, 6.45) is 7.24. The SMILES string of the molecule is C/C=C(/N)C(O)=C(C)C.CC.CCN(C)CCNC(=O)C(/C=C\C=C(/C)N)=C\O.CCN(CCN(C)SN(C)C)C(C)=O. The average molecular weight is 630 g/mol. The standard InChI is InChI=1S/C13H23N3O2.C9H21N3OS.C7H13NO.C2H6/c1-4-16(3)9-8-15-13(18)12(10-17)7-5-6-11(2)14;1-6-12(9(2)13)8-7-11(5)14-10(3)4;1-4-6(8)7(9)5(2)3;1-2/h5-7,10,17H,4,8-9,14H2,1-3H3,(H,15,18);6-8H2,1-5H3;4,9H,8H2,1-3H3;1-2H3/b7-5-,11-6+,12-10-;;6-4+;. The number of nitrogens with one attached hydrogen (secondary N) is 1. The molecule has 0 aliphatic heterocycles. The van der Waals surface area contributed by atoms with Gasteiger partial charge in [0.2, 0.25) is 5.91 Å². The minimum absolute atomic E-state index is 0.149. The average Bonchev–Trinajstić information content (AvgIpc) is 2.95. The highest BCUT2D eigenvalue weighted by Crippen LogP contribution is 2.08. The van der Waals surface area contributed by atoms with Crippen LogP contribution in [0.15, 0.2) is 58.9 Å². The Labute approximate surface area is 267 Å². The van der Waals surface area contributed by atoms with Crippen LogP contribution in [-0.4, -0.2) is 108 Å². The molecule has 0 fully saturated rings. The van der Waals surface area contributed by atoms with Crippen LogP contribution in [0.25, 0.3) is 0 Å². The number of rotatable bonds is 14. The van der Waals surface area contributed by atoms with Gasteiger partial charge >= 0.3 is 0 Å². The summed E-state index contributed by atoms with van der Waals surface area (Å²) < 4.78 is 4.15. The van der Waals surface area contributed by atoms with E-state index < -0.39 is 0 Å². The first-order chi connectivity index (χ1) is 20.1. The highest BCUT2D eigenvalue weighted by Gasteiger charge is 2.08. The van der Waals surface area contributed by atoms with E-state index in [1.807, 2.05) is 78.9 Å². The zero-order valence-electron chi connectivity index (χ0n) is 29.2. The lowest BCUT2D eigenvalue weighted by Gasteiger charge is -2.24. The monoisotopic (exact) mass is 629 g/mol. The molecule has 12 heteroatoms. The van der Waals surface area contributed by atoms with Gasteiger partial charge in [-0.1, -0.05) is 32.9 Å². The normalized spacial score (nSPS) is 11.7. The Morgan fingerprint density at radius 1 is 0.930 bits per heavy atom. The van der Waals surface area contributed by atoms with Crippen LogP contribution in [0.4, 0.5) is 0 Å². The van der Waals surface area contributed by atoms with Gasteiger partial charge in [-0.15, -0.1) is 0 Å². The molecule has 7 N–H and O–H groups in total. The predicted molar refractivity (Wildman–Crippen MR) is 186 cm³/mol. The molecule has 11 nitrogen and oxygen atoms in total. The zero-order valence-corrected chi connectivity index (χ0v) is 30.0. The first-order valence-electron chi connectivity index (χ1n) is 14.6. The molecule has 0 saturated heterocycles. The third-order valence-corrected chi connectivity index (χ3v) is 6.02. The van der Waals surface area contributed by atoms with Crippen LogP contribution in [0.5, 0.6) is 0 Å². The van der Waals surface area contributed by atoms with Crippen molar-refractivity contribution in [3.8, 4) is 0 Å². The number of carbonyl (C=O) groups excluding carboxylic acids is 2. The van der Waals surface area contributed by atoms with Crippen molar-refractivity contribution in [1.82, 2.24) is 23.7 Å². The van der Waals surface area contributed by atoms with E-state index in [1.54, 1.807) is 51.1 Å². The number of amides is 2. The number of nitrogens with zero attached hydrogens (tertiary/aromatic N) is 4. The Bertz CT molecular complexity index is 893. The van der Waals surface area contributed by atoms with Gasteiger partial charge in [0.25, 0.3) is 5.91 Å². The van der Waals surface area contributed by atoms with E-state index in [-0.39, 0.29) is 23.1 Å². The maximum Gasteiger partial charge on any atom is 0.254 e. The number of likely N-dealkylation sites (N-methyl/N-ethyl adjacent to an activating group) is 3. The van der Waals surface area contributed by atoms with E-state index in [9.17, 15) is 9.59 Å². The summed E-state index contributed by atoms with van der Waals surface area (Å²) in [4.78, 5) is 26.7. The maximum absolute atomic E-state index is 11.7. The third-order valence-electron chi connectivity index (χ3n) is 5.23. The van der Waals surface area contributed by atoms with Gasteiger partial charge in [-0.05, 0) is 87.1 Å². The Balaban J connectivity index is -0.000000271. The van der Waals surface area contributed by atoms with Crippen LogP contribution >= 0.6 is 12.1 Å². The van der Waals surface area contributed by atoms with Crippen molar-refractivity contribution < 1.29 is 19.8 Å². The van der Waals surface area contributed by atoms with E-state index in [2.05, 4.69) is 14.5 Å². The molecule has 0 aromatic heterocycles. The number of hydrogen-bond donors (Lipinski definition) is 5. The molecule has 0 heterocycles. The van der Waals surface area contributed by atoms with Crippen LogP contribution in [-0.2, 0) is 9.59 Å². The molecule has 0 rings (SSSR count). The highest BCUT2D eigenvalue weighted by molar-refractivity contribution is 7.94. The smallest absolute Gasteiger partial charge is 0.254 e. The summed E-state index contributed by atoms with van der Waals surface area (Å²) in [5, 5.41) is 20.8. The van der Waals surface area contributed by atoms with E-state index in [4.69, 9.17) is 21.7 Å². The Morgan fingerprint density at radius 2 is 1.49 bits per heavy atom. The lowest BCUT2D eigenvalue weighted by Crippen LogP contribution is -2.34. The number of aliphatic hydroxyl groups is 2. The van der Waals surface area contributed by atoms with Crippen molar-refractivity contribution in [1.29, 1.82) is 0 Å². The largest absolute Gasteiger partial charge is 0.515 e. The van der Waals surface area contributed by atoms with Gasteiger partial charge in [0.15, 0.2) is 0 Å². The molecule has 0 aliphatic rings. The van der Waals surface area contributed by atoms with Gasteiger partial charge in [-0.2, -0.15) is 0 Å². The third kappa shape index (κ3) is 30.3. The number of nitrogens with two attached hydrogens (primary N) is 2. The van der Waals surface area contributed by atoms with E-state index in [1.165, 1.54) is 6.08 Å². The predicted octanol–water partition coefficient (Wildman–Crippen LogP) is 4.55. The molecular formula is C31H63N7O4S. The second kappa shape index (κ2) is 30.5. The van der Waals surface area contributed by atoms with Gasteiger partial charge in [-0.25, -0.2) is 8.61 Å². The van der Waals surface area contributed by atoms with Crippen LogP contribution < -0.4 is 16.8 Å². The fraction of sp³-hybridized carbons (Fsp3) is 0.613. The van der Waals surface area contributed by atoms with Crippen molar-refractivity contribution in [3.63, 3.8) is 0 Å². The lowest BCUT2D eigenvalue weighted by molar-refractivity contribution is -0.128. The van der Waals surface area contributed by atoms with Crippen LogP contribution in [0.3, 0.4) is 0 Å². The minimum atomic E-state index is -0.304. The van der Waals surface area contributed by atoms with Crippen molar-refractivity contribution >= 4 is 23.9 Å². The summed E-state index contributed by atoms with van der Waals surface area (Å²) in [7, 11) is 8.01. The Kier molecular flexibility index (Phi) is 33.4.